The van der Waals surface area contributed by atoms with Gasteiger partial charge < -0.3 is 9.47 Å². The maximum Gasteiger partial charge on any atom is 0.119 e. The molecule has 1 heterocycles. The van der Waals surface area contributed by atoms with Crippen LogP contribution in [0.1, 0.15) is 57.4 Å². The average Bonchev–Trinajstić information content (AvgIpc) is 2.63. The van der Waals surface area contributed by atoms with E-state index in [9.17, 15) is 0 Å². The van der Waals surface area contributed by atoms with Gasteiger partial charge in [0.1, 0.15) is 5.75 Å². The Morgan fingerprint density at radius 3 is 2.38 bits per heavy atom. The third-order valence-corrected chi connectivity index (χ3v) is 4.73. The SMILES string of the molecule is CCCCCCCCOc1ccc(CCCN2CCOCC2)cc1. The van der Waals surface area contributed by atoms with Crippen LogP contribution in [0.2, 0.25) is 0 Å². The molecule has 0 saturated carbocycles. The summed E-state index contributed by atoms with van der Waals surface area (Å²) in [5.74, 6) is 1.01. The molecule has 1 fully saturated rings. The highest BCUT2D eigenvalue weighted by atomic mass is 16.5. The van der Waals surface area contributed by atoms with Gasteiger partial charge in [-0.25, -0.2) is 0 Å². The summed E-state index contributed by atoms with van der Waals surface area (Å²) < 4.78 is 11.2. The molecule has 136 valence electrons. The minimum absolute atomic E-state index is 0.850. The van der Waals surface area contributed by atoms with E-state index in [0.29, 0.717) is 0 Å². The second kappa shape index (κ2) is 12.3. The number of ether oxygens (including phenoxy) is 2. The van der Waals surface area contributed by atoms with Crippen LogP contribution in [0.15, 0.2) is 24.3 Å². The zero-order chi connectivity index (χ0) is 16.9. The number of benzene rings is 1. The van der Waals surface area contributed by atoms with Gasteiger partial charge >= 0.3 is 0 Å². The van der Waals surface area contributed by atoms with Gasteiger partial charge in [-0.2, -0.15) is 0 Å². The van der Waals surface area contributed by atoms with Crippen LogP contribution in [0, 0.1) is 0 Å². The lowest BCUT2D eigenvalue weighted by molar-refractivity contribution is 0.0374. The van der Waals surface area contributed by atoms with Gasteiger partial charge in [0.15, 0.2) is 0 Å². The minimum Gasteiger partial charge on any atom is -0.494 e. The first-order chi connectivity index (χ1) is 11.9. The van der Waals surface area contributed by atoms with Gasteiger partial charge in [0, 0.05) is 13.1 Å². The molecule has 1 saturated heterocycles. The lowest BCUT2D eigenvalue weighted by Gasteiger charge is -2.26. The Kier molecular flexibility index (Phi) is 9.89. The van der Waals surface area contributed by atoms with Crippen LogP contribution in [0.3, 0.4) is 0 Å². The van der Waals surface area contributed by atoms with Crippen LogP contribution >= 0.6 is 0 Å². The topological polar surface area (TPSA) is 21.7 Å². The van der Waals surface area contributed by atoms with Crippen molar-refractivity contribution in [1.82, 2.24) is 4.90 Å². The average molecular weight is 334 g/mol. The van der Waals surface area contributed by atoms with E-state index >= 15 is 0 Å². The van der Waals surface area contributed by atoms with Gasteiger partial charge in [0.25, 0.3) is 0 Å². The molecule has 3 heteroatoms. The van der Waals surface area contributed by atoms with Gasteiger partial charge in [0.05, 0.1) is 19.8 Å². The summed E-state index contributed by atoms with van der Waals surface area (Å²) in [6.07, 6.45) is 10.2. The highest BCUT2D eigenvalue weighted by Gasteiger charge is 2.09. The summed E-state index contributed by atoms with van der Waals surface area (Å²) in [5, 5.41) is 0. The molecule has 0 aromatic heterocycles. The summed E-state index contributed by atoms with van der Waals surface area (Å²) in [6, 6.07) is 8.69. The Hall–Kier alpha value is -1.06. The van der Waals surface area contributed by atoms with Gasteiger partial charge in [-0.15, -0.1) is 0 Å². The first-order valence-electron chi connectivity index (χ1n) is 9.90. The van der Waals surface area contributed by atoms with Crippen molar-refractivity contribution >= 4 is 0 Å². The Bertz CT molecular complexity index is 412. The number of morpholine rings is 1. The van der Waals surface area contributed by atoms with Crippen LogP contribution in [0.25, 0.3) is 0 Å². The number of unbranched alkanes of at least 4 members (excludes halogenated alkanes) is 5. The van der Waals surface area contributed by atoms with Crippen molar-refractivity contribution in [3.63, 3.8) is 0 Å². The van der Waals surface area contributed by atoms with Gasteiger partial charge in [0.2, 0.25) is 0 Å². The standard InChI is InChI=1S/C21H35NO2/c1-2-3-4-5-6-7-17-24-21-12-10-20(11-13-21)9-8-14-22-15-18-23-19-16-22/h10-13H,2-9,14-19H2,1H3. The predicted octanol–water partition coefficient (Wildman–Crippen LogP) is 4.69. The summed E-state index contributed by atoms with van der Waals surface area (Å²) in [7, 11) is 0. The molecule has 1 aromatic rings. The summed E-state index contributed by atoms with van der Waals surface area (Å²) in [4.78, 5) is 2.50. The Morgan fingerprint density at radius 1 is 0.917 bits per heavy atom. The minimum atomic E-state index is 0.850. The van der Waals surface area contributed by atoms with Gasteiger partial charge in [-0.1, -0.05) is 51.2 Å². The molecule has 1 aliphatic heterocycles. The van der Waals surface area contributed by atoms with E-state index < -0.39 is 0 Å². The van der Waals surface area contributed by atoms with E-state index in [1.54, 1.807) is 0 Å². The lowest BCUT2D eigenvalue weighted by Crippen LogP contribution is -2.36. The number of aryl methyl sites for hydroxylation is 1. The predicted molar refractivity (Wildman–Crippen MR) is 101 cm³/mol. The molecule has 2 rings (SSSR count). The highest BCUT2D eigenvalue weighted by Crippen LogP contribution is 2.15. The Balaban J connectivity index is 1.53. The number of hydrogen-bond acceptors (Lipinski definition) is 3. The van der Waals surface area contributed by atoms with Crippen molar-refractivity contribution in [2.75, 3.05) is 39.5 Å². The molecule has 0 amide bonds. The highest BCUT2D eigenvalue weighted by molar-refractivity contribution is 5.27. The molecular weight excluding hydrogens is 298 g/mol. The monoisotopic (exact) mass is 333 g/mol. The summed E-state index contributed by atoms with van der Waals surface area (Å²) >= 11 is 0. The largest absolute Gasteiger partial charge is 0.494 e. The Labute approximate surface area is 148 Å². The molecule has 0 bridgehead atoms. The second-order valence-electron chi connectivity index (χ2n) is 6.82. The first-order valence-corrected chi connectivity index (χ1v) is 9.90. The van der Waals surface area contributed by atoms with Crippen LogP contribution in [0.5, 0.6) is 5.75 Å². The third kappa shape index (κ3) is 8.16. The zero-order valence-electron chi connectivity index (χ0n) is 15.5. The van der Waals surface area contributed by atoms with Crippen molar-refractivity contribution in [2.45, 2.75) is 58.3 Å². The smallest absolute Gasteiger partial charge is 0.119 e. The maximum absolute atomic E-state index is 5.85. The quantitative estimate of drug-likeness (QED) is 0.518. The van der Waals surface area contributed by atoms with E-state index in [-0.39, 0.29) is 0 Å². The van der Waals surface area contributed by atoms with Crippen molar-refractivity contribution < 1.29 is 9.47 Å². The van der Waals surface area contributed by atoms with Crippen molar-refractivity contribution in [3.05, 3.63) is 29.8 Å². The van der Waals surface area contributed by atoms with Crippen LogP contribution in [-0.4, -0.2) is 44.4 Å². The van der Waals surface area contributed by atoms with Crippen LogP contribution in [-0.2, 0) is 11.2 Å². The number of nitrogens with zero attached hydrogens (tertiary/aromatic N) is 1. The number of rotatable bonds is 12. The number of hydrogen-bond donors (Lipinski definition) is 0. The molecule has 3 nitrogen and oxygen atoms in total. The summed E-state index contributed by atoms with van der Waals surface area (Å²) in [6.45, 7) is 8.25. The third-order valence-electron chi connectivity index (χ3n) is 4.73. The van der Waals surface area contributed by atoms with Gasteiger partial charge in [-0.3, -0.25) is 4.90 Å². The summed E-state index contributed by atoms with van der Waals surface area (Å²) in [5.41, 5.74) is 1.41. The van der Waals surface area contributed by atoms with E-state index in [0.717, 1.165) is 45.1 Å². The molecule has 0 unspecified atom stereocenters. The molecule has 0 aliphatic carbocycles. The van der Waals surface area contributed by atoms with E-state index in [1.165, 1.54) is 57.1 Å². The van der Waals surface area contributed by atoms with E-state index in [2.05, 4.69) is 36.1 Å². The Morgan fingerprint density at radius 2 is 1.62 bits per heavy atom. The fraction of sp³-hybridized carbons (Fsp3) is 0.714. The molecule has 1 aromatic carbocycles. The molecule has 0 radical (unpaired) electrons. The van der Waals surface area contributed by atoms with E-state index in [1.807, 2.05) is 0 Å². The molecule has 0 N–H and O–H groups in total. The fourth-order valence-corrected chi connectivity index (χ4v) is 3.16. The second-order valence-corrected chi connectivity index (χ2v) is 6.82. The fourth-order valence-electron chi connectivity index (χ4n) is 3.16. The maximum atomic E-state index is 5.85. The lowest BCUT2D eigenvalue weighted by atomic mass is 10.1. The van der Waals surface area contributed by atoms with Crippen molar-refractivity contribution in [2.24, 2.45) is 0 Å². The van der Waals surface area contributed by atoms with Gasteiger partial charge in [-0.05, 0) is 43.5 Å². The van der Waals surface area contributed by atoms with Crippen LogP contribution in [0.4, 0.5) is 0 Å². The molecule has 0 spiro atoms. The van der Waals surface area contributed by atoms with E-state index in [4.69, 9.17) is 9.47 Å². The zero-order valence-corrected chi connectivity index (χ0v) is 15.5. The van der Waals surface area contributed by atoms with Crippen molar-refractivity contribution in [1.29, 1.82) is 0 Å². The molecule has 24 heavy (non-hydrogen) atoms. The normalized spacial score (nSPS) is 15.5. The molecule has 1 aliphatic rings. The first kappa shape index (κ1) is 19.3. The van der Waals surface area contributed by atoms with Crippen LogP contribution < -0.4 is 4.74 Å². The molecular formula is C21H35NO2. The van der Waals surface area contributed by atoms with Crippen molar-refractivity contribution in [3.8, 4) is 5.75 Å². The molecule has 0 atom stereocenters.